The van der Waals surface area contributed by atoms with Gasteiger partial charge in [-0.1, -0.05) is 42.5 Å². The van der Waals surface area contributed by atoms with Crippen LogP contribution in [0.2, 0.25) is 0 Å². The molecular weight excluding hydrogens is 286 g/mol. The average molecular weight is 315 g/mol. The molecule has 1 aromatic rings. The highest BCUT2D eigenvalue weighted by Gasteiger charge is 2.21. The maximum Gasteiger partial charge on any atom is 0.236 e. The Morgan fingerprint density at radius 3 is 2.39 bits per heavy atom. The topological polar surface area (TPSA) is 35.6 Å². The van der Waals surface area contributed by atoms with Gasteiger partial charge in [0.25, 0.3) is 0 Å². The lowest BCUT2D eigenvalue weighted by Crippen LogP contribution is -2.52. The zero-order valence-corrected chi connectivity index (χ0v) is 14.6. The Morgan fingerprint density at radius 2 is 1.78 bits per heavy atom. The van der Waals surface area contributed by atoms with E-state index < -0.39 is 0 Å². The van der Waals surface area contributed by atoms with Gasteiger partial charge in [-0.2, -0.15) is 0 Å². The van der Waals surface area contributed by atoms with Crippen LogP contribution >= 0.6 is 0 Å². The molecule has 1 aromatic carbocycles. The molecule has 1 fully saturated rings. The average Bonchev–Trinajstić information content (AvgIpc) is 2.54. The third-order valence-electron chi connectivity index (χ3n) is 3.97. The fraction of sp³-hybridized carbons (Fsp3) is 0.526. The number of carbonyl (C=O) groups excluding carboxylic acids is 1. The number of hydrogen-bond acceptors (Lipinski definition) is 3. The third-order valence-corrected chi connectivity index (χ3v) is 3.97. The van der Waals surface area contributed by atoms with Gasteiger partial charge in [0.15, 0.2) is 0 Å². The molecule has 2 rings (SSSR count). The smallest absolute Gasteiger partial charge is 0.236 e. The maximum atomic E-state index is 12.2. The number of hydrogen-bond donors (Lipinski definition) is 1. The second-order valence-electron chi connectivity index (χ2n) is 7.10. The van der Waals surface area contributed by atoms with Crippen LogP contribution in [0.1, 0.15) is 26.3 Å². The summed E-state index contributed by atoms with van der Waals surface area (Å²) in [5, 5.41) is 3.27. The highest BCUT2D eigenvalue weighted by Crippen LogP contribution is 2.05. The van der Waals surface area contributed by atoms with Crippen molar-refractivity contribution in [1.82, 2.24) is 15.1 Å². The molecule has 0 atom stereocenters. The molecule has 4 heteroatoms. The standard InChI is InChI=1S/C19H29N3O/c1-19(2,3)20-16-18(23)22-14-12-21(13-15-22)11-7-10-17-8-5-4-6-9-17/h4-10,20H,11-16H2,1-3H3/b10-7+. The van der Waals surface area contributed by atoms with Crippen molar-refractivity contribution in [3.05, 3.63) is 42.0 Å². The Morgan fingerprint density at radius 1 is 1.13 bits per heavy atom. The van der Waals surface area contributed by atoms with Gasteiger partial charge < -0.3 is 10.2 Å². The normalized spacial score (nSPS) is 16.9. The van der Waals surface area contributed by atoms with Crippen LogP contribution < -0.4 is 5.32 Å². The minimum Gasteiger partial charge on any atom is -0.339 e. The molecule has 126 valence electrons. The number of nitrogens with one attached hydrogen (secondary N) is 1. The van der Waals surface area contributed by atoms with E-state index in [0.717, 1.165) is 32.7 Å². The second-order valence-corrected chi connectivity index (χ2v) is 7.10. The summed E-state index contributed by atoms with van der Waals surface area (Å²) < 4.78 is 0. The van der Waals surface area contributed by atoms with E-state index in [1.165, 1.54) is 5.56 Å². The molecule has 0 saturated carbocycles. The van der Waals surface area contributed by atoms with Crippen molar-refractivity contribution in [2.24, 2.45) is 0 Å². The SMILES string of the molecule is CC(C)(C)NCC(=O)N1CCN(C/C=C/c2ccccc2)CC1. The van der Waals surface area contributed by atoms with Crippen LogP contribution in [0.3, 0.4) is 0 Å². The van der Waals surface area contributed by atoms with Gasteiger partial charge in [-0.15, -0.1) is 0 Å². The molecule has 1 aliphatic heterocycles. The summed E-state index contributed by atoms with van der Waals surface area (Å²) in [5.74, 6) is 0.208. The first-order valence-corrected chi connectivity index (χ1v) is 8.41. The summed E-state index contributed by atoms with van der Waals surface area (Å²) >= 11 is 0. The molecule has 1 N–H and O–H groups in total. The fourth-order valence-electron chi connectivity index (χ4n) is 2.53. The molecule has 4 nitrogen and oxygen atoms in total. The molecule has 23 heavy (non-hydrogen) atoms. The Kier molecular flexibility index (Phi) is 6.37. The van der Waals surface area contributed by atoms with Crippen molar-refractivity contribution in [2.75, 3.05) is 39.3 Å². The number of carbonyl (C=O) groups is 1. The zero-order valence-electron chi connectivity index (χ0n) is 14.6. The van der Waals surface area contributed by atoms with Crippen LogP contribution in [0.25, 0.3) is 6.08 Å². The van der Waals surface area contributed by atoms with E-state index in [1.807, 2.05) is 11.0 Å². The lowest BCUT2D eigenvalue weighted by Gasteiger charge is -2.34. The molecule has 1 heterocycles. The Balaban J connectivity index is 1.69. The van der Waals surface area contributed by atoms with Crippen LogP contribution in [0.5, 0.6) is 0 Å². The van der Waals surface area contributed by atoms with Gasteiger partial charge in [0.2, 0.25) is 5.91 Å². The van der Waals surface area contributed by atoms with Crippen LogP contribution in [0.4, 0.5) is 0 Å². The largest absolute Gasteiger partial charge is 0.339 e. The van der Waals surface area contributed by atoms with Crippen molar-refractivity contribution in [3.8, 4) is 0 Å². The predicted octanol–water partition coefficient (Wildman–Crippen LogP) is 2.23. The van der Waals surface area contributed by atoms with Crippen molar-refractivity contribution in [3.63, 3.8) is 0 Å². The Bertz CT molecular complexity index is 511. The minimum absolute atomic E-state index is 0.0142. The van der Waals surface area contributed by atoms with Crippen LogP contribution in [-0.4, -0.2) is 60.5 Å². The molecule has 0 spiro atoms. The highest BCUT2D eigenvalue weighted by molar-refractivity contribution is 5.78. The number of amides is 1. The minimum atomic E-state index is -0.0142. The maximum absolute atomic E-state index is 12.2. The summed E-state index contributed by atoms with van der Waals surface area (Å²) in [4.78, 5) is 16.5. The van der Waals surface area contributed by atoms with E-state index in [-0.39, 0.29) is 11.4 Å². The van der Waals surface area contributed by atoms with Gasteiger partial charge >= 0.3 is 0 Å². The lowest BCUT2D eigenvalue weighted by atomic mass is 10.1. The first kappa shape index (κ1) is 17.7. The quantitative estimate of drug-likeness (QED) is 0.905. The van der Waals surface area contributed by atoms with Crippen molar-refractivity contribution < 1.29 is 4.79 Å². The predicted molar refractivity (Wildman–Crippen MR) is 96.3 cm³/mol. The lowest BCUT2D eigenvalue weighted by molar-refractivity contribution is -0.132. The highest BCUT2D eigenvalue weighted by atomic mass is 16.2. The van der Waals surface area contributed by atoms with Crippen molar-refractivity contribution >= 4 is 12.0 Å². The van der Waals surface area contributed by atoms with Crippen molar-refractivity contribution in [2.45, 2.75) is 26.3 Å². The molecule has 1 saturated heterocycles. The van der Waals surface area contributed by atoms with Gasteiger partial charge in [0, 0.05) is 38.3 Å². The fourth-order valence-corrected chi connectivity index (χ4v) is 2.53. The van der Waals surface area contributed by atoms with Gasteiger partial charge in [-0.05, 0) is 26.3 Å². The van der Waals surface area contributed by atoms with Crippen LogP contribution in [0.15, 0.2) is 36.4 Å². The molecule has 0 unspecified atom stereocenters. The molecule has 1 aliphatic rings. The zero-order chi connectivity index (χ0) is 16.7. The van der Waals surface area contributed by atoms with Crippen molar-refractivity contribution in [1.29, 1.82) is 0 Å². The molecule has 0 bridgehead atoms. The monoisotopic (exact) mass is 315 g/mol. The number of rotatable bonds is 5. The molecule has 0 aromatic heterocycles. The summed E-state index contributed by atoms with van der Waals surface area (Å²) in [6.07, 6.45) is 4.36. The number of piperazine rings is 1. The second kappa shape index (κ2) is 8.27. The first-order valence-electron chi connectivity index (χ1n) is 8.41. The Hall–Kier alpha value is -1.65. The van der Waals surface area contributed by atoms with Gasteiger partial charge in [0.05, 0.1) is 6.54 Å². The van der Waals surface area contributed by atoms with E-state index >= 15 is 0 Å². The van der Waals surface area contributed by atoms with E-state index in [4.69, 9.17) is 0 Å². The molecular formula is C19H29N3O. The Labute approximate surface area is 140 Å². The first-order chi connectivity index (χ1) is 10.9. The van der Waals surface area contributed by atoms with Gasteiger partial charge in [-0.25, -0.2) is 0 Å². The molecule has 0 aliphatic carbocycles. The van der Waals surface area contributed by atoms with Crippen LogP contribution in [-0.2, 0) is 4.79 Å². The molecule has 0 radical (unpaired) electrons. The summed E-state index contributed by atoms with van der Waals surface area (Å²) in [5.41, 5.74) is 1.22. The summed E-state index contributed by atoms with van der Waals surface area (Å²) in [6.45, 7) is 11.1. The van der Waals surface area contributed by atoms with E-state index in [0.29, 0.717) is 6.54 Å². The number of nitrogens with zero attached hydrogens (tertiary/aromatic N) is 2. The summed E-state index contributed by atoms with van der Waals surface area (Å²) in [7, 11) is 0. The summed E-state index contributed by atoms with van der Waals surface area (Å²) in [6, 6.07) is 10.3. The van der Waals surface area contributed by atoms with Gasteiger partial charge in [0.1, 0.15) is 0 Å². The number of benzene rings is 1. The van der Waals surface area contributed by atoms with E-state index in [9.17, 15) is 4.79 Å². The van der Waals surface area contributed by atoms with Gasteiger partial charge in [-0.3, -0.25) is 9.69 Å². The van der Waals surface area contributed by atoms with E-state index in [2.05, 4.69) is 67.4 Å². The van der Waals surface area contributed by atoms with E-state index in [1.54, 1.807) is 0 Å². The van der Waals surface area contributed by atoms with Crippen LogP contribution in [0, 0.1) is 0 Å². The molecule has 1 amide bonds. The third kappa shape index (κ3) is 6.55.